The number of nitrogens with zero attached hydrogens (tertiary/aromatic N) is 2. The van der Waals surface area contributed by atoms with E-state index in [1.165, 1.54) is 16.9 Å². The Morgan fingerprint density at radius 3 is 2.38 bits per heavy atom. The molecule has 0 aliphatic heterocycles. The van der Waals surface area contributed by atoms with Crippen molar-refractivity contribution in [2.75, 3.05) is 13.1 Å². The predicted molar refractivity (Wildman–Crippen MR) is 120 cm³/mol. The number of carbonyl (C=O) groups excluding carboxylic acids is 2. The van der Waals surface area contributed by atoms with E-state index in [1.807, 2.05) is 52.1 Å². The fraction of sp³-hybridized carbons (Fsp3) is 0.217. The molecule has 0 aliphatic rings. The van der Waals surface area contributed by atoms with Crippen LogP contribution < -0.4 is 0 Å². The Morgan fingerprint density at radius 1 is 0.966 bits per heavy atom. The Labute approximate surface area is 179 Å². The molecule has 3 aromatic rings. The highest BCUT2D eigenvalue weighted by molar-refractivity contribution is 7.12. The maximum absolute atomic E-state index is 13.3. The maximum atomic E-state index is 13.3. The number of rotatable bonds is 9. The second-order valence-electron chi connectivity index (χ2n) is 6.71. The smallest absolute Gasteiger partial charge is 0.264 e. The first-order valence-electron chi connectivity index (χ1n) is 9.37. The van der Waals surface area contributed by atoms with Gasteiger partial charge < -0.3 is 9.80 Å². The predicted octanol–water partition coefficient (Wildman–Crippen LogP) is 4.98. The van der Waals surface area contributed by atoms with Gasteiger partial charge >= 0.3 is 0 Å². The summed E-state index contributed by atoms with van der Waals surface area (Å²) in [6.07, 6.45) is 1.66. The molecule has 29 heavy (non-hydrogen) atoms. The van der Waals surface area contributed by atoms with Crippen LogP contribution in [0.4, 0.5) is 0 Å². The van der Waals surface area contributed by atoms with Gasteiger partial charge in [-0.2, -0.15) is 0 Å². The standard InChI is InChI=1S/C23H24N2O2S2/c1-3-12-24(23(27)20-10-7-13-28-20)17-22(26)25(15-19-8-5-4-6-9-19)16-21-18(2)11-14-29-21/h3-11,13-14H,1,12,15-17H2,2H3. The van der Waals surface area contributed by atoms with E-state index in [0.29, 0.717) is 24.5 Å². The lowest BCUT2D eigenvalue weighted by atomic mass is 10.2. The summed E-state index contributed by atoms with van der Waals surface area (Å²) >= 11 is 3.03. The Bertz CT molecular complexity index is 948. The van der Waals surface area contributed by atoms with Crippen molar-refractivity contribution >= 4 is 34.5 Å². The van der Waals surface area contributed by atoms with E-state index in [1.54, 1.807) is 28.4 Å². The van der Waals surface area contributed by atoms with Gasteiger partial charge in [0.1, 0.15) is 6.54 Å². The summed E-state index contributed by atoms with van der Waals surface area (Å²) < 4.78 is 0. The number of amides is 2. The summed E-state index contributed by atoms with van der Waals surface area (Å²) in [7, 11) is 0. The fourth-order valence-corrected chi connectivity index (χ4v) is 4.58. The van der Waals surface area contributed by atoms with Crippen molar-refractivity contribution in [2.24, 2.45) is 0 Å². The van der Waals surface area contributed by atoms with Gasteiger partial charge in [-0.25, -0.2) is 0 Å². The molecule has 0 aliphatic carbocycles. The zero-order valence-corrected chi connectivity index (χ0v) is 18.0. The van der Waals surface area contributed by atoms with Crippen LogP contribution in [0.25, 0.3) is 0 Å². The first kappa shape index (κ1) is 21.0. The minimum atomic E-state index is -0.139. The van der Waals surface area contributed by atoms with E-state index in [4.69, 9.17) is 0 Å². The van der Waals surface area contributed by atoms with E-state index in [-0.39, 0.29) is 18.4 Å². The van der Waals surface area contributed by atoms with Crippen molar-refractivity contribution in [3.8, 4) is 0 Å². The van der Waals surface area contributed by atoms with Crippen molar-refractivity contribution in [1.82, 2.24) is 9.80 Å². The van der Waals surface area contributed by atoms with Crippen LogP contribution in [0.15, 0.2) is 71.9 Å². The summed E-state index contributed by atoms with van der Waals surface area (Å²) in [5.41, 5.74) is 2.24. The van der Waals surface area contributed by atoms with Gasteiger partial charge in [-0.05, 0) is 40.9 Å². The van der Waals surface area contributed by atoms with Crippen LogP contribution in [0.3, 0.4) is 0 Å². The van der Waals surface area contributed by atoms with Gasteiger partial charge in [0, 0.05) is 18.0 Å². The van der Waals surface area contributed by atoms with Crippen LogP contribution in [-0.4, -0.2) is 34.7 Å². The third kappa shape index (κ3) is 5.65. The molecular formula is C23H24N2O2S2. The highest BCUT2D eigenvalue weighted by atomic mass is 32.1. The van der Waals surface area contributed by atoms with Gasteiger partial charge in [0.2, 0.25) is 5.91 Å². The van der Waals surface area contributed by atoms with Crippen LogP contribution in [-0.2, 0) is 17.9 Å². The topological polar surface area (TPSA) is 40.6 Å². The molecule has 4 nitrogen and oxygen atoms in total. The molecule has 0 fully saturated rings. The highest BCUT2D eigenvalue weighted by Crippen LogP contribution is 2.20. The van der Waals surface area contributed by atoms with E-state index in [0.717, 1.165) is 10.4 Å². The van der Waals surface area contributed by atoms with Crippen molar-refractivity contribution < 1.29 is 9.59 Å². The molecule has 150 valence electrons. The van der Waals surface area contributed by atoms with Gasteiger partial charge in [-0.1, -0.05) is 42.5 Å². The number of benzene rings is 1. The van der Waals surface area contributed by atoms with E-state index in [9.17, 15) is 9.59 Å². The summed E-state index contributed by atoms with van der Waals surface area (Å²) in [6.45, 7) is 7.20. The van der Waals surface area contributed by atoms with Crippen LogP contribution in [0.2, 0.25) is 0 Å². The minimum Gasteiger partial charge on any atom is -0.332 e. The van der Waals surface area contributed by atoms with Crippen LogP contribution in [0.5, 0.6) is 0 Å². The Hall–Kier alpha value is -2.70. The molecule has 0 unspecified atom stereocenters. The molecule has 0 bridgehead atoms. The average molecular weight is 425 g/mol. The molecule has 0 saturated carbocycles. The van der Waals surface area contributed by atoms with Crippen LogP contribution >= 0.6 is 22.7 Å². The van der Waals surface area contributed by atoms with Crippen LogP contribution in [0, 0.1) is 6.92 Å². The second-order valence-corrected chi connectivity index (χ2v) is 8.66. The first-order valence-corrected chi connectivity index (χ1v) is 11.1. The zero-order chi connectivity index (χ0) is 20.6. The van der Waals surface area contributed by atoms with Gasteiger partial charge in [0.25, 0.3) is 5.91 Å². The largest absolute Gasteiger partial charge is 0.332 e. The highest BCUT2D eigenvalue weighted by Gasteiger charge is 2.23. The molecule has 0 atom stereocenters. The molecule has 0 saturated heterocycles. The molecule has 0 spiro atoms. The van der Waals surface area contributed by atoms with Gasteiger partial charge in [-0.3, -0.25) is 9.59 Å². The monoisotopic (exact) mass is 424 g/mol. The molecule has 0 radical (unpaired) electrons. The number of aryl methyl sites for hydroxylation is 1. The first-order chi connectivity index (χ1) is 14.1. The molecule has 0 N–H and O–H groups in total. The quantitative estimate of drug-likeness (QED) is 0.455. The summed E-state index contributed by atoms with van der Waals surface area (Å²) in [5.74, 6) is -0.214. The van der Waals surface area contributed by atoms with Gasteiger partial charge in [0.05, 0.1) is 11.4 Å². The third-order valence-corrected chi connectivity index (χ3v) is 6.43. The Morgan fingerprint density at radius 2 is 1.76 bits per heavy atom. The molecule has 6 heteroatoms. The minimum absolute atomic E-state index is 0.0278. The van der Waals surface area contributed by atoms with Crippen molar-refractivity contribution in [2.45, 2.75) is 20.0 Å². The number of hydrogen-bond acceptors (Lipinski definition) is 4. The van der Waals surface area contributed by atoms with Crippen LogP contribution in [0.1, 0.15) is 25.7 Å². The number of thiophene rings is 2. The lowest BCUT2D eigenvalue weighted by Crippen LogP contribution is -2.42. The zero-order valence-electron chi connectivity index (χ0n) is 16.4. The maximum Gasteiger partial charge on any atom is 0.264 e. The van der Waals surface area contributed by atoms with Crippen molar-refractivity contribution in [3.05, 3.63) is 92.8 Å². The van der Waals surface area contributed by atoms with Gasteiger partial charge in [-0.15, -0.1) is 29.3 Å². The molecule has 1 aromatic carbocycles. The number of hydrogen-bond donors (Lipinski definition) is 0. The molecule has 2 aromatic heterocycles. The second kappa shape index (κ2) is 10.2. The van der Waals surface area contributed by atoms with Crippen molar-refractivity contribution in [3.63, 3.8) is 0 Å². The average Bonchev–Trinajstić information content (AvgIpc) is 3.40. The lowest BCUT2D eigenvalue weighted by Gasteiger charge is -2.27. The Balaban J connectivity index is 1.79. The van der Waals surface area contributed by atoms with E-state index < -0.39 is 0 Å². The number of carbonyl (C=O) groups is 2. The third-order valence-electron chi connectivity index (χ3n) is 4.57. The van der Waals surface area contributed by atoms with E-state index in [2.05, 4.69) is 19.6 Å². The fourth-order valence-electron chi connectivity index (χ4n) is 2.97. The summed E-state index contributed by atoms with van der Waals surface area (Å²) in [4.78, 5) is 31.2. The molecular weight excluding hydrogens is 400 g/mol. The summed E-state index contributed by atoms with van der Waals surface area (Å²) in [6, 6.07) is 15.6. The summed E-state index contributed by atoms with van der Waals surface area (Å²) in [5, 5.41) is 3.91. The van der Waals surface area contributed by atoms with Gasteiger partial charge in [0.15, 0.2) is 0 Å². The normalized spacial score (nSPS) is 10.5. The Kier molecular flexibility index (Phi) is 7.38. The van der Waals surface area contributed by atoms with Crippen molar-refractivity contribution in [1.29, 1.82) is 0 Å². The molecule has 3 rings (SSSR count). The van der Waals surface area contributed by atoms with E-state index >= 15 is 0 Å². The lowest BCUT2D eigenvalue weighted by molar-refractivity contribution is -0.133. The molecule has 2 amide bonds. The molecule has 2 heterocycles. The SMILES string of the molecule is C=CCN(CC(=O)N(Cc1ccccc1)Cc1sccc1C)C(=O)c1cccs1.